The summed E-state index contributed by atoms with van der Waals surface area (Å²) >= 11 is 5.62. The number of hydrogen-bond donors (Lipinski definition) is 0. The zero-order valence-electron chi connectivity index (χ0n) is 6.12. The van der Waals surface area contributed by atoms with Crippen molar-refractivity contribution in [3.05, 3.63) is 23.0 Å². The Balaban J connectivity index is 2.94. The van der Waals surface area contributed by atoms with Gasteiger partial charge in [-0.1, -0.05) is 11.6 Å². The smallest absolute Gasteiger partial charge is 0.213 e. The molecule has 12 heavy (non-hydrogen) atoms. The van der Waals surface area contributed by atoms with Crippen LogP contribution in [0.2, 0.25) is 5.15 Å². The number of hydrogen-bond acceptors (Lipinski definition) is 3. The van der Waals surface area contributed by atoms with Crippen LogP contribution in [0, 0.1) is 12.7 Å². The molecule has 0 spiro atoms. The van der Waals surface area contributed by atoms with Gasteiger partial charge in [0.1, 0.15) is 6.33 Å². The quantitative estimate of drug-likeness (QED) is 0.581. The number of halogens is 2. The van der Waals surface area contributed by atoms with E-state index >= 15 is 0 Å². The maximum Gasteiger partial charge on any atom is 0.253 e. The van der Waals surface area contributed by atoms with Gasteiger partial charge in [-0.15, -0.1) is 0 Å². The highest BCUT2D eigenvalue weighted by Gasteiger charge is 2.10. The van der Waals surface area contributed by atoms with Crippen LogP contribution >= 0.6 is 11.6 Å². The molecule has 0 aliphatic heterocycles. The van der Waals surface area contributed by atoms with Crippen molar-refractivity contribution in [1.82, 2.24) is 19.6 Å². The minimum atomic E-state index is -0.560. The van der Waals surface area contributed by atoms with Crippen molar-refractivity contribution >= 4 is 17.4 Å². The van der Waals surface area contributed by atoms with Gasteiger partial charge in [0.05, 0.1) is 5.69 Å². The predicted molar refractivity (Wildman–Crippen MR) is 40.5 cm³/mol. The Bertz CT molecular complexity index is 438. The Morgan fingerprint density at radius 1 is 1.58 bits per heavy atom. The zero-order valence-corrected chi connectivity index (χ0v) is 6.88. The maximum absolute atomic E-state index is 13.1. The molecule has 0 fully saturated rings. The molecule has 2 heterocycles. The molecule has 0 aromatic carbocycles. The van der Waals surface area contributed by atoms with Crippen molar-refractivity contribution in [3.63, 3.8) is 0 Å². The van der Waals surface area contributed by atoms with Crippen LogP contribution in [-0.2, 0) is 0 Å². The molecule has 2 aromatic rings. The second-order valence-electron chi connectivity index (χ2n) is 2.27. The van der Waals surface area contributed by atoms with Gasteiger partial charge in [-0.3, -0.25) is 0 Å². The van der Waals surface area contributed by atoms with Crippen LogP contribution in [0.3, 0.4) is 0 Å². The first-order valence-electron chi connectivity index (χ1n) is 3.21. The summed E-state index contributed by atoms with van der Waals surface area (Å²) in [6.45, 7) is 1.52. The van der Waals surface area contributed by atoms with E-state index in [1.807, 2.05) is 0 Å². The molecule has 2 rings (SSSR count). The lowest BCUT2D eigenvalue weighted by atomic mass is 10.4. The van der Waals surface area contributed by atoms with E-state index in [0.717, 1.165) is 4.52 Å². The first-order valence-corrected chi connectivity index (χ1v) is 3.59. The highest BCUT2D eigenvalue weighted by Crippen LogP contribution is 2.15. The first-order chi connectivity index (χ1) is 5.70. The number of aryl methyl sites for hydroxylation is 1. The first kappa shape index (κ1) is 7.42. The van der Waals surface area contributed by atoms with Gasteiger partial charge in [-0.25, -0.2) is 9.37 Å². The number of nitrogens with zero attached hydrogens (tertiary/aromatic N) is 4. The standard InChI is InChI=1S/C6H4ClFN4/c1-3-4(8)5(7)12-6(11-3)9-2-10-12/h2H,1H3. The van der Waals surface area contributed by atoms with Crippen molar-refractivity contribution in [2.24, 2.45) is 0 Å². The number of rotatable bonds is 0. The minimum absolute atomic E-state index is 0.0880. The summed E-state index contributed by atoms with van der Waals surface area (Å²) in [5.41, 5.74) is 0.223. The topological polar surface area (TPSA) is 43.1 Å². The monoisotopic (exact) mass is 186 g/mol. The van der Waals surface area contributed by atoms with Crippen LogP contribution in [0.5, 0.6) is 0 Å². The van der Waals surface area contributed by atoms with Gasteiger partial charge in [0.2, 0.25) is 0 Å². The fourth-order valence-corrected chi connectivity index (χ4v) is 1.15. The minimum Gasteiger partial charge on any atom is -0.213 e. The van der Waals surface area contributed by atoms with Gasteiger partial charge in [0, 0.05) is 0 Å². The van der Waals surface area contributed by atoms with Crippen molar-refractivity contribution in [2.45, 2.75) is 6.92 Å². The van der Waals surface area contributed by atoms with Gasteiger partial charge in [0.25, 0.3) is 5.78 Å². The van der Waals surface area contributed by atoms with E-state index in [4.69, 9.17) is 11.6 Å². The summed E-state index contributed by atoms with van der Waals surface area (Å²) in [7, 11) is 0. The average Bonchev–Trinajstić information content (AvgIpc) is 2.48. The van der Waals surface area contributed by atoms with Gasteiger partial charge in [0.15, 0.2) is 11.0 Å². The molecule has 0 aliphatic carbocycles. The molecule has 0 N–H and O–H groups in total. The molecule has 0 radical (unpaired) electrons. The second kappa shape index (κ2) is 2.38. The third-order valence-electron chi connectivity index (χ3n) is 1.48. The third-order valence-corrected chi connectivity index (χ3v) is 1.81. The van der Waals surface area contributed by atoms with Crippen molar-refractivity contribution in [1.29, 1.82) is 0 Å². The number of fused-ring (bicyclic) bond motifs is 1. The Kier molecular flexibility index (Phi) is 1.47. The van der Waals surface area contributed by atoms with E-state index in [-0.39, 0.29) is 10.8 Å². The summed E-state index contributed by atoms with van der Waals surface area (Å²) in [6.07, 6.45) is 1.27. The molecule has 0 aliphatic rings. The van der Waals surface area contributed by atoms with Crippen LogP contribution in [0.25, 0.3) is 5.78 Å². The average molecular weight is 187 g/mol. The molecule has 2 aromatic heterocycles. The molecule has 0 saturated heterocycles. The maximum atomic E-state index is 13.1. The molecular formula is C6H4ClFN4. The van der Waals surface area contributed by atoms with E-state index in [1.165, 1.54) is 13.3 Å². The van der Waals surface area contributed by atoms with E-state index in [0.29, 0.717) is 5.78 Å². The molecule has 6 heteroatoms. The molecule has 62 valence electrons. The Labute approximate surface area is 72.0 Å². The van der Waals surface area contributed by atoms with E-state index < -0.39 is 5.82 Å². The Hall–Kier alpha value is -1.23. The summed E-state index contributed by atoms with van der Waals surface area (Å²) in [5, 5.41) is 3.60. The van der Waals surface area contributed by atoms with Gasteiger partial charge >= 0.3 is 0 Å². The van der Waals surface area contributed by atoms with Crippen LogP contribution in [-0.4, -0.2) is 19.6 Å². The summed E-state index contributed by atoms with van der Waals surface area (Å²) < 4.78 is 14.2. The van der Waals surface area contributed by atoms with Crippen LogP contribution < -0.4 is 0 Å². The van der Waals surface area contributed by atoms with Crippen LogP contribution in [0.15, 0.2) is 6.33 Å². The van der Waals surface area contributed by atoms with Gasteiger partial charge < -0.3 is 0 Å². The molecule has 0 amide bonds. The Morgan fingerprint density at radius 2 is 2.33 bits per heavy atom. The lowest BCUT2D eigenvalue weighted by Gasteiger charge is -1.98. The largest absolute Gasteiger partial charge is 0.253 e. The molecule has 0 atom stereocenters. The Morgan fingerprint density at radius 3 is 3.08 bits per heavy atom. The van der Waals surface area contributed by atoms with Crippen LogP contribution in [0.4, 0.5) is 4.39 Å². The van der Waals surface area contributed by atoms with Crippen molar-refractivity contribution in [3.8, 4) is 0 Å². The summed E-state index contributed by atoms with van der Waals surface area (Å²) in [6, 6.07) is 0. The normalized spacial score (nSPS) is 10.9. The van der Waals surface area contributed by atoms with Crippen molar-refractivity contribution < 1.29 is 4.39 Å². The highest BCUT2D eigenvalue weighted by molar-refractivity contribution is 6.29. The van der Waals surface area contributed by atoms with Crippen LogP contribution in [0.1, 0.15) is 5.69 Å². The number of aromatic nitrogens is 4. The predicted octanol–water partition coefficient (Wildman–Crippen LogP) is 1.23. The van der Waals surface area contributed by atoms with E-state index in [1.54, 1.807) is 0 Å². The summed E-state index contributed by atoms with van der Waals surface area (Å²) in [5.74, 6) is -0.256. The lowest BCUT2D eigenvalue weighted by molar-refractivity contribution is 0.596. The highest BCUT2D eigenvalue weighted by atomic mass is 35.5. The molecule has 0 saturated carbocycles. The lowest BCUT2D eigenvalue weighted by Crippen LogP contribution is -1.99. The van der Waals surface area contributed by atoms with E-state index in [9.17, 15) is 4.39 Å². The van der Waals surface area contributed by atoms with Gasteiger partial charge in [-0.2, -0.15) is 14.6 Å². The third kappa shape index (κ3) is 0.863. The second-order valence-corrected chi connectivity index (χ2v) is 2.63. The SMILES string of the molecule is Cc1nc2ncnn2c(Cl)c1F. The molecule has 0 bridgehead atoms. The zero-order chi connectivity index (χ0) is 8.72. The molecular weight excluding hydrogens is 183 g/mol. The molecule has 4 nitrogen and oxygen atoms in total. The molecule has 0 unspecified atom stereocenters. The van der Waals surface area contributed by atoms with Crippen molar-refractivity contribution in [2.75, 3.05) is 0 Å². The van der Waals surface area contributed by atoms with E-state index in [2.05, 4.69) is 15.1 Å². The fourth-order valence-electron chi connectivity index (χ4n) is 0.891. The summed E-state index contributed by atoms with van der Waals surface area (Å²) in [4.78, 5) is 7.60. The fraction of sp³-hybridized carbons (Fsp3) is 0.167. The van der Waals surface area contributed by atoms with Gasteiger partial charge in [-0.05, 0) is 6.92 Å².